The second kappa shape index (κ2) is 6.75. The highest BCUT2D eigenvalue weighted by Crippen LogP contribution is 2.37. The molecule has 1 fully saturated rings. The van der Waals surface area contributed by atoms with E-state index >= 15 is 0 Å². The zero-order chi connectivity index (χ0) is 15.5. The summed E-state index contributed by atoms with van der Waals surface area (Å²) in [5, 5.41) is 10.8. The van der Waals surface area contributed by atoms with Crippen molar-refractivity contribution < 1.29 is 14.2 Å². The molecule has 0 bridgehead atoms. The lowest BCUT2D eigenvalue weighted by molar-refractivity contribution is -0.0367. The van der Waals surface area contributed by atoms with E-state index in [1.54, 1.807) is 12.1 Å². The van der Waals surface area contributed by atoms with E-state index in [9.17, 15) is 9.50 Å². The van der Waals surface area contributed by atoms with Gasteiger partial charge in [-0.25, -0.2) is 4.39 Å². The first-order valence-corrected chi connectivity index (χ1v) is 7.79. The zero-order valence-corrected chi connectivity index (χ0v) is 13.2. The Labute approximate surface area is 126 Å². The van der Waals surface area contributed by atoms with Gasteiger partial charge in [0, 0.05) is 17.2 Å². The first-order valence-electron chi connectivity index (χ1n) is 7.79. The Hall–Kier alpha value is -1.13. The Morgan fingerprint density at radius 3 is 2.52 bits per heavy atom. The summed E-state index contributed by atoms with van der Waals surface area (Å²) >= 11 is 0. The van der Waals surface area contributed by atoms with Gasteiger partial charge >= 0.3 is 0 Å². The maximum Gasteiger partial charge on any atom is 0.132 e. The third-order valence-corrected chi connectivity index (χ3v) is 4.89. The van der Waals surface area contributed by atoms with E-state index in [1.807, 2.05) is 6.92 Å². The maximum atomic E-state index is 14.3. The number of hydrogen-bond donors (Lipinski definition) is 1. The van der Waals surface area contributed by atoms with Gasteiger partial charge in [-0.3, -0.25) is 4.90 Å². The number of aliphatic hydroxyl groups is 1. The van der Waals surface area contributed by atoms with E-state index in [1.165, 1.54) is 19.6 Å². The summed E-state index contributed by atoms with van der Waals surface area (Å²) in [5.41, 5.74) is -0.0822. The number of likely N-dealkylation sites (tertiary alicyclic amines) is 1. The van der Waals surface area contributed by atoms with Crippen LogP contribution in [0.15, 0.2) is 18.2 Å². The van der Waals surface area contributed by atoms with Crippen molar-refractivity contribution >= 4 is 0 Å². The second-order valence-electron chi connectivity index (χ2n) is 6.05. The molecule has 2 rings (SSSR count). The number of rotatable bonds is 5. The SMILES string of the molecule is CCC(C)(C(O)c1ccc(OC)cc1F)N1CCCCC1. The summed E-state index contributed by atoms with van der Waals surface area (Å²) < 4.78 is 19.3. The molecule has 1 aliphatic heterocycles. The van der Waals surface area contributed by atoms with Crippen LogP contribution >= 0.6 is 0 Å². The molecule has 4 heteroatoms. The largest absolute Gasteiger partial charge is 0.497 e. The highest BCUT2D eigenvalue weighted by molar-refractivity contribution is 5.31. The lowest BCUT2D eigenvalue weighted by Gasteiger charge is -2.46. The number of halogens is 1. The molecule has 0 radical (unpaired) electrons. The van der Waals surface area contributed by atoms with Gasteiger partial charge in [-0.2, -0.15) is 0 Å². The van der Waals surface area contributed by atoms with Gasteiger partial charge in [0.1, 0.15) is 11.6 Å². The quantitative estimate of drug-likeness (QED) is 0.902. The summed E-state index contributed by atoms with van der Waals surface area (Å²) in [5.74, 6) is 0.0677. The molecule has 0 spiro atoms. The van der Waals surface area contributed by atoms with Crippen molar-refractivity contribution in [2.45, 2.75) is 51.2 Å². The average Bonchev–Trinajstić information content (AvgIpc) is 2.54. The third kappa shape index (κ3) is 3.22. The van der Waals surface area contributed by atoms with Crippen LogP contribution in [0.4, 0.5) is 4.39 Å². The minimum atomic E-state index is -0.841. The maximum absolute atomic E-state index is 14.3. The van der Waals surface area contributed by atoms with Crippen molar-refractivity contribution in [2.24, 2.45) is 0 Å². The average molecular weight is 295 g/mol. The normalized spacial score (nSPS) is 20.8. The van der Waals surface area contributed by atoms with Crippen LogP contribution in [0, 0.1) is 5.82 Å². The molecule has 1 aromatic rings. The van der Waals surface area contributed by atoms with Gasteiger partial charge in [-0.05, 0) is 51.4 Å². The zero-order valence-electron chi connectivity index (χ0n) is 13.2. The number of hydrogen-bond acceptors (Lipinski definition) is 3. The van der Waals surface area contributed by atoms with Crippen LogP contribution in [0.5, 0.6) is 5.75 Å². The third-order valence-electron chi connectivity index (χ3n) is 4.89. The Morgan fingerprint density at radius 2 is 2.00 bits per heavy atom. The van der Waals surface area contributed by atoms with E-state index in [2.05, 4.69) is 11.8 Å². The molecule has 21 heavy (non-hydrogen) atoms. The number of piperidine rings is 1. The van der Waals surface area contributed by atoms with Crippen LogP contribution in [0.25, 0.3) is 0 Å². The Kier molecular flexibility index (Phi) is 5.22. The summed E-state index contributed by atoms with van der Waals surface area (Å²) in [4.78, 5) is 2.31. The molecule has 1 saturated heterocycles. The van der Waals surface area contributed by atoms with Gasteiger partial charge in [0.25, 0.3) is 0 Å². The summed E-state index contributed by atoms with van der Waals surface area (Å²) in [6, 6.07) is 4.68. The van der Waals surface area contributed by atoms with Crippen molar-refractivity contribution in [1.82, 2.24) is 4.90 Å². The Bertz CT molecular complexity index is 474. The molecule has 0 aliphatic carbocycles. The smallest absolute Gasteiger partial charge is 0.132 e. The predicted molar refractivity (Wildman–Crippen MR) is 82.0 cm³/mol. The summed E-state index contributed by atoms with van der Waals surface area (Å²) in [6.45, 7) is 6.03. The highest BCUT2D eigenvalue weighted by Gasteiger charge is 2.39. The van der Waals surface area contributed by atoms with E-state index in [0.29, 0.717) is 11.3 Å². The molecule has 1 aliphatic rings. The Morgan fingerprint density at radius 1 is 1.33 bits per heavy atom. The minimum absolute atomic E-state index is 0.353. The number of ether oxygens (including phenoxy) is 1. The standard InChI is InChI=1S/C17H26FNO2/c1-4-17(2,19-10-6-5-7-11-19)16(20)14-9-8-13(21-3)12-15(14)18/h8-9,12,16,20H,4-7,10-11H2,1-3H3. The van der Waals surface area contributed by atoms with Crippen molar-refractivity contribution in [3.05, 3.63) is 29.6 Å². The van der Waals surface area contributed by atoms with E-state index < -0.39 is 17.5 Å². The minimum Gasteiger partial charge on any atom is -0.497 e. The van der Waals surface area contributed by atoms with Gasteiger partial charge in [0.2, 0.25) is 0 Å². The van der Waals surface area contributed by atoms with Crippen molar-refractivity contribution in [3.63, 3.8) is 0 Å². The Balaban J connectivity index is 2.28. The van der Waals surface area contributed by atoms with Crippen molar-refractivity contribution in [3.8, 4) is 5.75 Å². The van der Waals surface area contributed by atoms with Crippen LogP contribution < -0.4 is 4.74 Å². The fourth-order valence-electron chi connectivity index (χ4n) is 3.19. The van der Waals surface area contributed by atoms with Crippen molar-refractivity contribution in [2.75, 3.05) is 20.2 Å². The molecule has 0 aromatic heterocycles. The molecule has 2 atom stereocenters. The number of benzene rings is 1. The van der Waals surface area contributed by atoms with Crippen LogP contribution in [0.1, 0.15) is 51.2 Å². The molecule has 1 N–H and O–H groups in total. The molecular formula is C17H26FNO2. The van der Waals surface area contributed by atoms with Crippen LogP contribution in [0.2, 0.25) is 0 Å². The van der Waals surface area contributed by atoms with Crippen LogP contribution in [0.3, 0.4) is 0 Å². The molecule has 2 unspecified atom stereocenters. The highest BCUT2D eigenvalue weighted by atomic mass is 19.1. The van der Waals surface area contributed by atoms with Crippen LogP contribution in [-0.2, 0) is 0 Å². The van der Waals surface area contributed by atoms with Gasteiger partial charge < -0.3 is 9.84 Å². The molecule has 0 saturated carbocycles. The number of nitrogens with zero attached hydrogens (tertiary/aromatic N) is 1. The number of aliphatic hydroxyl groups excluding tert-OH is 1. The summed E-state index contributed by atoms with van der Waals surface area (Å²) in [6.07, 6.45) is 3.47. The molecule has 3 nitrogen and oxygen atoms in total. The van der Waals surface area contributed by atoms with Gasteiger partial charge in [-0.1, -0.05) is 13.3 Å². The van der Waals surface area contributed by atoms with Gasteiger partial charge in [0.05, 0.1) is 13.2 Å². The monoisotopic (exact) mass is 295 g/mol. The predicted octanol–water partition coefficient (Wildman–Crippen LogP) is 3.52. The lowest BCUT2D eigenvalue weighted by atomic mass is 9.83. The second-order valence-corrected chi connectivity index (χ2v) is 6.05. The fraction of sp³-hybridized carbons (Fsp3) is 0.647. The molecule has 0 amide bonds. The van der Waals surface area contributed by atoms with Crippen molar-refractivity contribution in [1.29, 1.82) is 0 Å². The first-order chi connectivity index (χ1) is 10.0. The fourth-order valence-corrected chi connectivity index (χ4v) is 3.19. The topological polar surface area (TPSA) is 32.7 Å². The van der Waals surface area contributed by atoms with Gasteiger partial charge in [0.15, 0.2) is 0 Å². The van der Waals surface area contributed by atoms with Crippen LogP contribution in [-0.4, -0.2) is 35.7 Å². The number of methoxy groups -OCH3 is 1. The molecule has 1 heterocycles. The van der Waals surface area contributed by atoms with E-state index in [0.717, 1.165) is 32.4 Å². The molecular weight excluding hydrogens is 269 g/mol. The van der Waals surface area contributed by atoms with E-state index in [-0.39, 0.29) is 0 Å². The van der Waals surface area contributed by atoms with Gasteiger partial charge in [-0.15, -0.1) is 0 Å². The lowest BCUT2D eigenvalue weighted by Crippen LogP contribution is -2.52. The van der Waals surface area contributed by atoms with E-state index in [4.69, 9.17) is 4.74 Å². The molecule has 118 valence electrons. The summed E-state index contributed by atoms with van der Waals surface area (Å²) in [7, 11) is 1.51. The molecule has 1 aromatic carbocycles. The first kappa shape index (κ1) is 16.2.